The zero-order chi connectivity index (χ0) is 17.1. The van der Waals surface area contributed by atoms with Gasteiger partial charge < -0.3 is 10.1 Å². The van der Waals surface area contributed by atoms with Gasteiger partial charge in [0.25, 0.3) is 5.91 Å². The second kappa shape index (κ2) is 7.03. The molecule has 124 valence electrons. The van der Waals surface area contributed by atoms with Crippen LogP contribution in [-0.4, -0.2) is 25.0 Å². The van der Waals surface area contributed by atoms with Gasteiger partial charge in [0, 0.05) is 11.6 Å². The molecule has 0 aromatic heterocycles. The first-order valence-corrected chi connectivity index (χ1v) is 7.95. The lowest BCUT2D eigenvalue weighted by Crippen LogP contribution is -2.38. The van der Waals surface area contributed by atoms with Gasteiger partial charge in [-0.2, -0.15) is 0 Å². The Morgan fingerprint density at radius 2 is 1.88 bits per heavy atom. The van der Waals surface area contributed by atoms with Gasteiger partial charge in [-0.05, 0) is 35.9 Å². The number of hydrogen-bond acceptors (Lipinski definition) is 4. The molecule has 0 aliphatic carbocycles. The maximum absolute atomic E-state index is 12.6. The van der Waals surface area contributed by atoms with Gasteiger partial charge in [0.1, 0.15) is 5.75 Å². The summed E-state index contributed by atoms with van der Waals surface area (Å²) in [6.07, 6.45) is 0.134. The molecule has 2 amide bonds. The van der Waals surface area contributed by atoms with E-state index in [4.69, 9.17) is 16.3 Å². The van der Waals surface area contributed by atoms with Crippen LogP contribution < -0.4 is 15.0 Å². The molecular formula is C18H17ClN2O3. The van der Waals surface area contributed by atoms with E-state index < -0.39 is 6.04 Å². The molecule has 3 rings (SSSR count). The molecule has 0 radical (unpaired) electrons. The van der Waals surface area contributed by atoms with Crippen LogP contribution in [0.25, 0.3) is 0 Å². The Morgan fingerprint density at radius 1 is 1.17 bits per heavy atom. The fourth-order valence-electron chi connectivity index (χ4n) is 2.67. The minimum absolute atomic E-state index is 0.134. The average Bonchev–Trinajstić information content (AvgIpc) is 2.88. The fraction of sp³-hybridized carbons (Fsp3) is 0.222. The summed E-state index contributed by atoms with van der Waals surface area (Å²) in [4.78, 5) is 26.0. The summed E-state index contributed by atoms with van der Waals surface area (Å²) < 4.78 is 5.09. The molecule has 0 saturated carbocycles. The largest absolute Gasteiger partial charge is 0.497 e. The van der Waals surface area contributed by atoms with E-state index in [-0.39, 0.29) is 18.2 Å². The summed E-state index contributed by atoms with van der Waals surface area (Å²) in [6, 6.07) is 13.7. The van der Waals surface area contributed by atoms with Crippen LogP contribution in [0.2, 0.25) is 5.02 Å². The van der Waals surface area contributed by atoms with Crippen molar-refractivity contribution in [3.8, 4) is 5.75 Å². The number of nitrogens with one attached hydrogen (secondary N) is 1. The highest BCUT2D eigenvalue weighted by Crippen LogP contribution is 2.25. The highest BCUT2D eigenvalue weighted by atomic mass is 35.5. The molecule has 0 unspecified atom stereocenters. The third-order valence-electron chi connectivity index (χ3n) is 3.97. The van der Waals surface area contributed by atoms with E-state index in [2.05, 4.69) is 5.32 Å². The SMILES string of the molecule is COc1ccc(N2C(=O)C[C@@H](NCc3ccccc3Cl)C2=O)cc1. The second-order valence-electron chi connectivity index (χ2n) is 5.49. The van der Waals surface area contributed by atoms with Crippen molar-refractivity contribution >= 4 is 29.1 Å². The minimum Gasteiger partial charge on any atom is -0.497 e. The minimum atomic E-state index is -0.545. The van der Waals surface area contributed by atoms with Crippen molar-refractivity contribution in [2.45, 2.75) is 19.0 Å². The Balaban J connectivity index is 1.70. The fourth-order valence-corrected chi connectivity index (χ4v) is 2.87. The number of benzene rings is 2. The smallest absolute Gasteiger partial charge is 0.251 e. The van der Waals surface area contributed by atoms with Gasteiger partial charge in [-0.15, -0.1) is 0 Å². The van der Waals surface area contributed by atoms with Crippen molar-refractivity contribution in [2.75, 3.05) is 12.0 Å². The van der Waals surface area contributed by atoms with Gasteiger partial charge in [0.15, 0.2) is 0 Å². The lowest BCUT2D eigenvalue weighted by atomic mass is 10.2. The third-order valence-corrected chi connectivity index (χ3v) is 4.34. The monoisotopic (exact) mass is 344 g/mol. The van der Waals surface area contributed by atoms with Crippen molar-refractivity contribution in [1.82, 2.24) is 5.32 Å². The summed E-state index contributed by atoms with van der Waals surface area (Å²) in [5, 5.41) is 3.75. The Kier molecular flexibility index (Phi) is 4.83. The number of rotatable bonds is 5. The molecule has 1 saturated heterocycles. The number of carbonyl (C=O) groups excluding carboxylic acids is 2. The van der Waals surface area contributed by atoms with Gasteiger partial charge in [-0.1, -0.05) is 29.8 Å². The normalized spacial score (nSPS) is 17.4. The van der Waals surface area contributed by atoms with E-state index in [1.807, 2.05) is 18.2 Å². The van der Waals surface area contributed by atoms with Crippen LogP contribution in [0.15, 0.2) is 48.5 Å². The Bertz CT molecular complexity index is 761. The van der Waals surface area contributed by atoms with Crippen molar-refractivity contribution in [3.63, 3.8) is 0 Å². The second-order valence-corrected chi connectivity index (χ2v) is 5.90. The van der Waals surface area contributed by atoms with E-state index in [1.54, 1.807) is 37.4 Å². The maximum Gasteiger partial charge on any atom is 0.251 e. The number of carbonyl (C=O) groups is 2. The van der Waals surface area contributed by atoms with Crippen LogP contribution in [0, 0.1) is 0 Å². The summed E-state index contributed by atoms with van der Waals surface area (Å²) in [5.74, 6) is 0.199. The number of anilines is 1. The maximum atomic E-state index is 12.6. The zero-order valence-corrected chi connectivity index (χ0v) is 13.9. The van der Waals surface area contributed by atoms with Crippen molar-refractivity contribution in [2.24, 2.45) is 0 Å². The summed E-state index contributed by atoms with van der Waals surface area (Å²) in [5.41, 5.74) is 1.44. The van der Waals surface area contributed by atoms with Crippen molar-refractivity contribution in [3.05, 3.63) is 59.1 Å². The molecule has 1 aliphatic heterocycles. The lowest BCUT2D eigenvalue weighted by Gasteiger charge is -2.16. The first-order chi connectivity index (χ1) is 11.6. The number of hydrogen-bond donors (Lipinski definition) is 1. The van der Waals surface area contributed by atoms with E-state index in [1.165, 1.54) is 4.90 Å². The molecule has 1 atom stereocenters. The summed E-state index contributed by atoms with van der Waals surface area (Å²) >= 11 is 6.11. The number of imide groups is 1. The Labute approximate surface area is 145 Å². The predicted molar refractivity (Wildman–Crippen MR) is 92.2 cm³/mol. The van der Waals surface area contributed by atoms with Crippen LogP contribution in [0.5, 0.6) is 5.75 Å². The van der Waals surface area contributed by atoms with Gasteiger partial charge >= 0.3 is 0 Å². The molecule has 1 aliphatic rings. The molecule has 1 N–H and O–H groups in total. The first-order valence-electron chi connectivity index (χ1n) is 7.58. The van der Waals surface area contributed by atoms with E-state index in [9.17, 15) is 9.59 Å². The van der Waals surface area contributed by atoms with Crippen LogP contribution in [0.1, 0.15) is 12.0 Å². The van der Waals surface area contributed by atoms with Crippen LogP contribution in [0.3, 0.4) is 0 Å². The third kappa shape index (κ3) is 3.27. The molecule has 0 bridgehead atoms. The van der Waals surface area contributed by atoms with Gasteiger partial charge in [0.05, 0.1) is 25.3 Å². The van der Waals surface area contributed by atoms with Gasteiger partial charge in [-0.3, -0.25) is 9.59 Å². The first kappa shape index (κ1) is 16.5. The molecule has 2 aromatic rings. The van der Waals surface area contributed by atoms with Gasteiger partial charge in [-0.25, -0.2) is 4.90 Å². The molecule has 6 heteroatoms. The van der Waals surface area contributed by atoms with Crippen molar-refractivity contribution in [1.29, 1.82) is 0 Å². The quantitative estimate of drug-likeness (QED) is 0.847. The molecule has 0 spiro atoms. The number of halogens is 1. The van der Waals surface area contributed by atoms with E-state index in [0.29, 0.717) is 23.0 Å². The summed E-state index contributed by atoms with van der Waals surface area (Å²) in [6.45, 7) is 0.430. The standard InChI is InChI=1S/C18H17ClN2O3/c1-24-14-8-6-13(7-9-14)21-17(22)10-16(18(21)23)20-11-12-4-2-3-5-15(12)19/h2-9,16,20H,10-11H2,1H3/t16-/m1/s1. The average molecular weight is 345 g/mol. The molecule has 2 aromatic carbocycles. The zero-order valence-electron chi connectivity index (χ0n) is 13.2. The number of ether oxygens (including phenoxy) is 1. The van der Waals surface area contributed by atoms with E-state index in [0.717, 1.165) is 5.56 Å². The molecule has 1 heterocycles. The number of nitrogens with zero attached hydrogens (tertiary/aromatic N) is 1. The van der Waals surface area contributed by atoms with E-state index >= 15 is 0 Å². The van der Waals surface area contributed by atoms with Crippen LogP contribution >= 0.6 is 11.6 Å². The van der Waals surface area contributed by atoms with Crippen LogP contribution in [-0.2, 0) is 16.1 Å². The van der Waals surface area contributed by atoms with Crippen molar-refractivity contribution < 1.29 is 14.3 Å². The Morgan fingerprint density at radius 3 is 2.54 bits per heavy atom. The number of methoxy groups -OCH3 is 1. The molecule has 1 fully saturated rings. The summed E-state index contributed by atoms with van der Waals surface area (Å²) in [7, 11) is 1.57. The topological polar surface area (TPSA) is 58.6 Å². The predicted octanol–water partition coefficient (Wildman–Crippen LogP) is 2.77. The molecular weight excluding hydrogens is 328 g/mol. The molecule has 24 heavy (non-hydrogen) atoms. The van der Waals surface area contributed by atoms with Crippen LogP contribution in [0.4, 0.5) is 5.69 Å². The van der Waals surface area contributed by atoms with Gasteiger partial charge in [0.2, 0.25) is 5.91 Å². The molecule has 5 nitrogen and oxygen atoms in total. The Hall–Kier alpha value is -2.37. The lowest BCUT2D eigenvalue weighted by molar-refractivity contribution is -0.121. The highest BCUT2D eigenvalue weighted by Gasteiger charge is 2.39. The highest BCUT2D eigenvalue weighted by molar-refractivity contribution is 6.31. The number of amides is 2.